The first-order valence-electron chi connectivity index (χ1n) is 5.93. The molecular weight excluding hydrogens is 221 g/mol. The van der Waals surface area contributed by atoms with Crippen molar-refractivity contribution in [3.8, 4) is 5.75 Å². The zero-order valence-electron chi connectivity index (χ0n) is 9.99. The van der Waals surface area contributed by atoms with Crippen LogP contribution < -0.4 is 10.5 Å². The molecule has 0 saturated heterocycles. The molecule has 0 spiro atoms. The minimum atomic E-state index is -0.326. The standard InChI is InChI=1S/C13H18FNO2/c1-16-10-3-2-4-11(8-10)17-13-7-9(14)5-6-12(13)15/h5-7,10-11H,2-4,8,15H2,1H3/t10-,11+/m1/s1. The number of halogens is 1. The lowest BCUT2D eigenvalue weighted by Crippen LogP contribution is -2.29. The van der Waals surface area contributed by atoms with Gasteiger partial charge < -0.3 is 15.2 Å². The van der Waals surface area contributed by atoms with E-state index in [9.17, 15) is 4.39 Å². The number of nitrogens with two attached hydrogens (primary N) is 1. The van der Waals surface area contributed by atoms with Gasteiger partial charge in [-0.05, 0) is 31.4 Å². The van der Waals surface area contributed by atoms with Crippen LogP contribution in [-0.2, 0) is 4.74 Å². The van der Waals surface area contributed by atoms with E-state index < -0.39 is 0 Å². The zero-order chi connectivity index (χ0) is 12.3. The zero-order valence-corrected chi connectivity index (χ0v) is 9.99. The molecular formula is C13H18FNO2. The molecule has 17 heavy (non-hydrogen) atoms. The van der Waals surface area contributed by atoms with Gasteiger partial charge in [-0.2, -0.15) is 0 Å². The van der Waals surface area contributed by atoms with Crippen molar-refractivity contribution in [1.82, 2.24) is 0 Å². The van der Waals surface area contributed by atoms with E-state index in [1.165, 1.54) is 18.2 Å². The van der Waals surface area contributed by atoms with Crippen molar-refractivity contribution in [3.05, 3.63) is 24.0 Å². The molecule has 1 aromatic rings. The topological polar surface area (TPSA) is 44.5 Å². The summed E-state index contributed by atoms with van der Waals surface area (Å²) in [6, 6.07) is 4.20. The lowest BCUT2D eigenvalue weighted by atomic mass is 9.95. The van der Waals surface area contributed by atoms with Gasteiger partial charge in [0, 0.05) is 19.6 Å². The van der Waals surface area contributed by atoms with Crippen LogP contribution in [0.3, 0.4) is 0 Å². The molecule has 1 aromatic carbocycles. The summed E-state index contributed by atoms with van der Waals surface area (Å²) in [6.45, 7) is 0. The lowest BCUT2D eigenvalue weighted by Gasteiger charge is -2.29. The Hall–Kier alpha value is -1.29. The largest absolute Gasteiger partial charge is 0.488 e. The smallest absolute Gasteiger partial charge is 0.145 e. The van der Waals surface area contributed by atoms with Crippen LogP contribution in [-0.4, -0.2) is 19.3 Å². The Kier molecular flexibility index (Phi) is 3.84. The highest BCUT2D eigenvalue weighted by Crippen LogP contribution is 2.29. The fourth-order valence-electron chi connectivity index (χ4n) is 2.21. The Labute approximate surface area is 101 Å². The minimum Gasteiger partial charge on any atom is -0.488 e. The van der Waals surface area contributed by atoms with E-state index in [0.29, 0.717) is 11.4 Å². The molecule has 0 amide bonds. The van der Waals surface area contributed by atoms with Gasteiger partial charge in [-0.3, -0.25) is 0 Å². The van der Waals surface area contributed by atoms with Crippen LogP contribution in [0.5, 0.6) is 5.75 Å². The van der Waals surface area contributed by atoms with Crippen molar-refractivity contribution in [2.45, 2.75) is 37.9 Å². The Balaban J connectivity index is 2.02. The molecule has 3 nitrogen and oxygen atoms in total. The number of hydrogen-bond donors (Lipinski definition) is 1. The van der Waals surface area contributed by atoms with Gasteiger partial charge in [0.15, 0.2) is 0 Å². The summed E-state index contributed by atoms with van der Waals surface area (Å²) in [4.78, 5) is 0. The fraction of sp³-hybridized carbons (Fsp3) is 0.538. The molecule has 94 valence electrons. The number of rotatable bonds is 3. The third kappa shape index (κ3) is 3.09. The van der Waals surface area contributed by atoms with Crippen LogP contribution in [0, 0.1) is 5.82 Å². The summed E-state index contributed by atoms with van der Waals surface area (Å²) in [5.74, 6) is 0.111. The first-order valence-corrected chi connectivity index (χ1v) is 5.93. The molecule has 0 aromatic heterocycles. The highest BCUT2D eigenvalue weighted by Gasteiger charge is 2.23. The highest BCUT2D eigenvalue weighted by atomic mass is 19.1. The van der Waals surface area contributed by atoms with Crippen LogP contribution in [0.2, 0.25) is 0 Å². The summed E-state index contributed by atoms with van der Waals surface area (Å²) in [5.41, 5.74) is 6.23. The van der Waals surface area contributed by atoms with Gasteiger partial charge in [-0.15, -0.1) is 0 Å². The number of benzene rings is 1. The molecule has 0 heterocycles. The van der Waals surface area contributed by atoms with Crippen LogP contribution in [0.15, 0.2) is 18.2 Å². The maximum Gasteiger partial charge on any atom is 0.145 e. The van der Waals surface area contributed by atoms with Crippen molar-refractivity contribution in [2.24, 2.45) is 0 Å². The Bertz CT molecular complexity index is 384. The van der Waals surface area contributed by atoms with Crippen molar-refractivity contribution in [1.29, 1.82) is 0 Å². The van der Waals surface area contributed by atoms with Crippen molar-refractivity contribution in [2.75, 3.05) is 12.8 Å². The van der Waals surface area contributed by atoms with Crippen LogP contribution in [0.1, 0.15) is 25.7 Å². The van der Waals surface area contributed by atoms with Gasteiger partial charge in [-0.1, -0.05) is 0 Å². The third-order valence-corrected chi connectivity index (χ3v) is 3.18. The molecule has 0 aliphatic heterocycles. The highest BCUT2D eigenvalue weighted by molar-refractivity contribution is 5.52. The van der Waals surface area contributed by atoms with Crippen LogP contribution >= 0.6 is 0 Å². The van der Waals surface area contributed by atoms with E-state index >= 15 is 0 Å². The molecule has 1 aliphatic rings. The molecule has 1 saturated carbocycles. The second kappa shape index (κ2) is 5.36. The van der Waals surface area contributed by atoms with Gasteiger partial charge in [0.1, 0.15) is 17.7 Å². The predicted octanol–water partition coefficient (Wildman–Crippen LogP) is 2.74. The van der Waals surface area contributed by atoms with Gasteiger partial charge >= 0.3 is 0 Å². The second-order valence-electron chi connectivity index (χ2n) is 4.45. The van der Waals surface area contributed by atoms with Gasteiger partial charge in [0.2, 0.25) is 0 Å². The van der Waals surface area contributed by atoms with E-state index in [2.05, 4.69) is 0 Å². The molecule has 1 fully saturated rings. The minimum absolute atomic E-state index is 0.0674. The molecule has 0 radical (unpaired) electrons. The quantitative estimate of drug-likeness (QED) is 0.825. The summed E-state index contributed by atoms with van der Waals surface area (Å²) < 4.78 is 24.2. The average Bonchev–Trinajstić information content (AvgIpc) is 2.34. The molecule has 2 rings (SSSR count). The molecule has 2 atom stereocenters. The summed E-state index contributed by atoms with van der Waals surface area (Å²) in [7, 11) is 1.71. The summed E-state index contributed by atoms with van der Waals surface area (Å²) in [6.07, 6.45) is 4.25. The number of anilines is 1. The van der Waals surface area contributed by atoms with Crippen molar-refractivity contribution < 1.29 is 13.9 Å². The first kappa shape index (κ1) is 12.2. The van der Waals surface area contributed by atoms with Crippen LogP contribution in [0.4, 0.5) is 10.1 Å². The van der Waals surface area contributed by atoms with Crippen molar-refractivity contribution in [3.63, 3.8) is 0 Å². The number of ether oxygens (including phenoxy) is 2. The number of hydrogen-bond acceptors (Lipinski definition) is 3. The summed E-state index contributed by atoms with van der Waals surface area (Å²) >= 11 is 0. The maximum atomic E-state index is 13.1. The molecule has 0 bridgehead atoms. The van der Waals surface area contributed by atoms with E-state index in [4.69, 9.17) is 15.2 Å². The molecule has 0 unspecified atom stereocenters. The predicted molar refractivity (Wildman–Crippen MR) is 64.5 cm³/mol. The van der Waals surface area contributed by atoms with Gasteiger partial charge in [0.25, 0.3) is 0 Å². The van der Waals surface area contributed by atoms with Gasteiger partial charge in [-0.25, -0.2) is 4.39 Å². The second-order valence-corrected chi connectivity index (χ2v) is 4.45. The van der Waals surface area contributed by atoms with E-state index in [1.807, 2.05) is 0 Å². The maximum absolute atomic E-state index is 13.1. The first-order chi connectivity index (χ1) is 8.19. The van der Waals surface area contributed by atoms with E-state index in [-0.39, 0.29) is 18.0 Å². The van der Waals surface area contributed by atoms with E-state index in [1.54, 1.807) is 7.11 Å². The molecule has 4 heteroatoms. The number of nitrogen functional groups attached to an aromatic ring is 1. The Morgan fingerprint density at radius 1 is 1.29 bits per heavy atom. The lowest BCUT2D eigenvalue weighted by molar-refractivity contribution is 0.0211. The fourth-order valence-corrected chi connectivity index (χ4v) is 2.21. The SMILES string of the molecule is CO[C@@H]1CCC[C@H](Oc2cc(F)ccc2N)C1. The molecule has 2 N–H and O–H groups in total. The third-order valence-electron chi connectivity index (χ3n) is 3.18. The Morgan fingerprint density at radius 2 is 2.06 bits per heavy atom. The monoisotopic (exact) mass is 239 g/mol. The normalized spacial score (nSPS) is 24.6. The number of methoxy groups -OCH3 is 1. The van der Waals surface area contributed by atoms with Crippen LogP contribution in [0.25, 0.3) is 0 Å². The average molecular weight is 239 g/mol. The van der Waals surface area contributed by atoms with Gasteiger partial charge in [0.05, 0.1) is 11.8 Å². The van der Waals surface area contributed by atoms with Crippen molar-refractivity contribution >= 4 is 5.69 Å². The summed E-state index contributed by atoms with van der Waals surface area (Å²) in [5, 5.41) is 0. The Morgan fingerprint density at radius 3 is 2.82 bits per heavy atom. The molecule has 1 aliphatic carbocycles. The van der Waals surface area contributed by atoms with E-state index in [0.717, 1.165) is 25.7 Å².